The van der Waals surface area contributed by atoms with Gasteiger partial charge < -0.3 is 10.1 Å². The molecule has 1 N–H and O–H groups in total. The first-order valence-electron chi connectivity index (χ1n) is 9.82. The molecule has 0 spiro atoms. The summed E-state index contributed by atoms with van der Waals surface area (Å²) in [5, 5.41) is 2.96. The Morgan fingerprint density at radius 1 is 1.22 bits per heavy atom. The van der Waals surface area contributed by atoms with Gasteiger partial charge >= 0.3 is 0 Å². The van der Waals surface area contributed by atoms with Gasteiger partial charge in [-0.3, -0.25) is 14.7 Å². The fourth-order valence-electron chi connectivity index (χ4n) is 3.37. The van der Waals surface area contributed by atoms with Crippen molar-refractivity contribution < 1.29 is 9.53 Å². The molecule has 1 aromatic carbocycles. The van der Waals surface area contributed by atoms with Crippen molar-refractivity contribution in [3.8, 4) is 5.75 Å². The maximum absolute atomic E-state index is 12.5. The SMILES string of the molecule is CCCNC(=O)c1cc(C)ccc1OC1CCN(Cc2ccncc2)CC1. The van der Waals surface area contributed by atoms with Crippen LogP contribution in [0.5, 0.6) is 5.75 Å². The van der Waals surface area contributed by atoms with Crippen molar-refractivity contribution in [2.75, 3.05) is 19.6 Å². The second-order valence-electron chi connectivity index (χ2n) is 7.20. The van der Waals surface area contributed by atoms with E-state index in [1.807, 2.05) is 44.4 Å². The second kappa shape index (κ2) is 9.51. The van der Waals surface area contributed by atoms with Gasteiger partial charge in [0.1, 0.15) is 11.9 Å². The lowest BCUT2D eigenvalue weighted by molar-refractivity contribution is 0.0891. The number of aryl methyl sites for hydroxylation is 1. The van der Waals surface area contributed by atoms with Crippen LogP contribution in [0.2, 0.25) is 0 Å². The molecule has 1 amide bonds. The molecule has 1 fully saturated rings. The Bertz CT molecular complexity index is 740. The number of carbonyl (C=O) groups excluding carboxylic acids is 1. The number of aromatic nitrogens is 1. The van der Waals surface area contributed by atoms with Crippen LogP contribution in [-0.4, -0.2) is 41.5 Å². The molecule has 0 unspecified atom stereocenters. The van der Waals surface area contributed by atoms with Crippen LogP contribution in [0.3, 0.4) is 0 Å². The van der Waals surface area contributed by atoms with Crippen LogP contribution in [0.25, 0.3) is 0 Å². The standard InChI is InChI=1S/C22H29N3O2/c1-3-10-24-22(26)20-15-17(2)4-5-21(20)27-19-8-13-25(14-9-19)16-18-6-11-23-12-7-18/h4-7,11-12,15,19H,3,8-10,13-14,16H2,1-2H3,(H,24,26). The molecule has 3 rings (SSSR count). The van der Waals surface area contributed by atoms with Crippen molar-refractivity contribution in [1.82, 2.24) is 15.2 Å². The summed E-state index contributed by atoms with van der Waals surface area (Å²) in [5.41, 5.74) is 3.00. The Hall–Kier alpha value is -2.40. The molecule has 1 saturated heterocycles. The highest BCUT2D eigenvalue weighted by atomic mass is 16.5. The Balaban J connectivity index is 1.58. The van der Waals surface area contributed by atoms with E-state index in [9.17, 15) is 4.79 Å². The zero-order valence-corrected chi connectivity index (χ0v) is 16.3. The van der Waals surface area contributed by atoms with Crippen molar-refractivity contribution in [1.29, 1.82) is 0 Å². The second-order valence-corrected chi connectivity index (χ2v) is 7.20. The van der Waals surface area contributed by atoms with Crippen molar-refractivity contribution >= 4 is 5.91 Å². The molecule has 0 saturated carbocycles. The highest BCUT2D eigenvalue weighted by Crippen LogP contribution is 2.25. The summed E-state index contributed by atoms with van der Waals surface area (Å²) in [6.45, 7) is 7.67. The van der Waals surface area contributed by atoms with Crippen molar-refractivity contribution in [2.24, 2.45) is 0 Å². The maximum Gasteiger partial charge on any atom is 0.255 e. The highest BCUT2D eigenvalue weighted by molar-refractivity contribution is 5.97. The highest BCUT2D eigenvalue weighted by Gasteiger charge is 2.22. The number of benzene rings is 1. The quantitative estimate of drug-likeness (QED) is 0.813. The summed E-state index contributed by atoms with van der Waals surface area (Å²) < 4.78 is 6.24. The van der Waals surface area contributed by atoms with Gasteiger partial charge in [-0.25, -0.2) is 0 Å². The lowest BCUT2D eigenvalue weighted by Gasteiger charge is -2.32. The summed E-state index contributed by atoms with van der Waals surface area (Å²) in [6, 6.07) is 9.98. The number of hydrogen-bond acceptors (Lipinski definition) is 4. The first-order valence-corrected chi connectivity index (χ1v) is 9.82. The number of ether oxygens (including phenoxy) is 1. The van der Waals surface area contributed by atoms with Crippen molar-refractivity contribution in [2.45, 2.75) is 45.8 Å². The number of nitrogens with one attached hydrogen (secondary N) is 1. The molecular formula is C22H29N3O2. The number of piperidine rings is 1. The van der Waals surface area contributed by atoms with Gasteiger partial charge in [-0.1, -0.05) is 18.6 Å². The van der Waals surface area contributed by atoms with Gasteiger partial charge in [0.15, 0.2) is 0 Å². The third-order valence-corrected chi connectivity index (χ3v) is 4.90. The minimum atomic E-state index is -0.0503. The van der Waals surface area contributed by atoms with E-state index in [1.165, 1.54) is 5.56 Å². The molecule has 1 aliphatic heterocycles. The van der Waals surface area contributed by atoms with Crippen molar-refractivity contribution in [3.63, 3.8) is 0 Å². The van der Waals surface area contributed by atoms with Crippen LogP contribution in [0.4, 0.5) is 0 Å². The van der Waals surface area contributed by atoms with E-state index < -0.39 is 0 Å². The Morgan fingerprint density at radius 3 is 2.67 bits per heavy atom. The van der Waals surface area contributed by atoms with Crippen LogP contribution in [0.15, 0.2) is 42.7 Å². The smallest absolute Gasteiger partial charge is 0.255 e. The number of carbonyl (C=O) groups is 1. The van der Waals surface area contributed by atoms with Gasteiger partial charge in [-0.2, -0.15) is 0 Å². The molecular weight excluding hydrogens is 338 g/mol. The molecule has 0 radical (unpaired) electrons. The van der Waals surface area contributed by atoms with E-state index in [4.69, 9.17) is 4.74 Å². The minimum Gasteiger partial charge on any atom is -0.489 e. The molecule has 2 aromatic rings. The first-order chi connectivity index (χ1) is 13.2. The maximum atomic E-state index is 12.5. The first kappa shape index (κ1) is 19.4. The summed E-state index contributed by atoms with van der Waals surface area (Å²) in [4.78, 5) is 19.0. The van der Waals surface area contributed by atoms with E-state index in [2.05, 4.69) is 27.3 Å². The van der Waals surface area contributed by atoms with Crippen LogP contribution in [-0.2, 0) is 6.54 Å². The van der Waals surface area contributed by atoms with Gasteiger partial charge in [-0.15, -0.1) is 0 Å². The molecule has 1 aliphatic rings. The molecule has 0 atom stereocenters. The van der Waals surface area contributed by atoms with Crippen LogP contribution in [0.1, 0.15) is 47.7 Å². The topological polar surface area (TPSA) is 54.5 Å². The molecule has 0 aliphatic carbocycles. The van der Waals surface area contributed by atoms with E-state index in [-0.39, 0.29) is 12.0 Å². The van der Waals surface area contributed by atoms with Gasteiger partial charge in [0.05, 0.1) is 5.56 Å². The Morgan fingerprint density at radius 2 is 1.96 bits per heavy atom. The number of rotatable bonds is 7. The third kappa shape index (κ3) is 5.54. The summed E-state index contributed by atoms with van der Waals surface area (Å²) in [5.74, 6) is 0.646. The van der Waals surface area contributed by atoms with Gasteiger partial charge in [0, 0.05) is 38.6 Å². The van der Waals surface area contributed by atoms with E-state index in [1.54, 1.807) is 0 Å². The summed E-state index contributed by atoms with van der Waals surface area (Å²) in [7, 11) is 0. The van der Waals surface area contributed by atoms with Crippen LogP contribution >= 0.6 is 0 Å². The van der Waals surface area contributed by atoms with Crippen molar-refractivity contribution in [3.05, 3.63) is 59.4 Å². The number of amides is 1. The number of nitrogens with zero attached hydrogens (tertiary/aromatic N) is 2. The molecule has 27 heavy (non-hydrogen) atoms. The Labute approximate surface area is 161 Å². The predicted octanol–water partition coefficient (Wildman–Crippen LogP) is 3.57. The van der Waals surface area contributed by atoms with Gasteiger partial charge in [0.25, 0.3) is 5.91 Å². The van der Waals surface area contributed by atoms with E-state index >= 15 is 0 Å². The average Bonchev–Trinajstić information content (AvgIpc) is 2.69. The van der Waals surface area contributed by atoms with Crippen LogP contribution < -0.4 is 10.1 Å². The zero-order valence-electron chi connectivity index (χ0n) is 16.3. The fraction of sp³-hybridized carbons (Fsp3) is 0.455. The number of hydrogen-bond donors (Lipinski definition) is 1. The Kier molecular flexibility index (Phi) is 6.82. The van der Waals surface area contributed by atoms with Gasteiger partial charge in [0.2, 0.25) is 0 Å². The average molecular weight is 367 g/mol. The largest absolute Gasteiger partial charge is 0.489 e. The lowest BCUT2D eigenvalue weighted by Crippen LogP contribution is -2.38. The van der Waals surface area contributed by atoms with Gasteiger partial charge in [-0.05, 0) is 56.0 Å². The predicted molar refractivity (Wildman–Crippen MR) is 107 cm³/mol. The van der Waals surface area contributed by atoms with E-state index in [0.717, 1.165) is 44.5 Å². The summed E-state index contributed by atoms with van der Waals surface area (Å²) in [6.07, 6.45) is 6.69. The van der Waals surface area contributed by atoms with E-state index in [0.29, 0.717) is 17.9 Å². The fourth-order valence-corrected chi connectivity index (χ4v) is 3.37. The summed E-state index contributed by atoms with van der Waals surface area (Å²) >= 11 is 0. The number of pyridine rings is 1. The molecule has 5 nitrogen and oxygen atoms in total. The monoisotopic (exact) mass is 367 g/mol. The minimum absolute atomic E-state index is 0.0503. The van der Waals surface area contributed by atoms with Crippen LogP contribution in [0, 0.1) is 6.92 Å². The normalized spacial score (nSPS) is 15.5. The third-order valence-electron chi connectivity index (χ3n) is 4.90. The molecule has 144 valence electrons. The molecule has 5 heteroatoms. The lowest BCUT2D eigenvalue weighted by atomic mass is 10.1. The number of likely N-dealkylation sites (tertiary alicyclic amines) is 1. The molecule has 1 aromatic heterocycles. The molecule has 2 heterocycles. The zero-order chi connectivity index (χ0) is 19.1. The molecule has 0 bridgehead atoms.